The van der Waals surface area contributed by atoms with Gasteiger partial charge in [-0.15, -0.1) is 0 Å². The van der Waals surface area contributed by atoms with E-state index in [1.54, 1.807) is 4.90 Å². The maximum absolute atomic E-state index is 12.9. The molecular formula is C17H22FN3O3. The van der Waals surface area contributed by atoms with Gasteiger partial charge in [0.1, 0.15) is 5.82 Å². The number of rotatable bonds is 6. The first kappa shape index (κ1) is 17.9. The summed E-state index contributed by atoms with van der Waals surface area (Å²) in [5, 5.41) is 2.82. The van der Waals surface area contributed by atoms with Crippen LogP contribution >= 0.6 is 0 Å². The van der Waals surface area contributed by atoms with Crippen molar-refractivity contribution in [2.45, 2.75) is 25.7 Å². The first-order chi connectivity index (χ1) is 11.5. The van der Waals surface area contributed by atoms with Crippen molar-refractivity contribution in [3.63, 3.8) is 0 Å². The summed E-state index contributed by atoms with van der Waals surface area (Å²) in [6, 6.07) is 5.36. The Kier molecular flexibility index (Phi) is 6.28. The topological polar surface area (TPSA) is 92.5 Å². The van der Waals surface area contributed by atoms with Gasteiger partial charge in [0, 0.05) is 38.0 Å². The van der Waals surface area contributed by atoms with Gasteiger partial charge in [-0.1, -0.05) is 0 Å². The summed E-state index contributed by atoms with van der Waals surface area (Å²) in [7, 11) is 0. The van der Waals surface area contributed by atoms with Crippen LogP contribution in [0.4, 0.5) is 4.39 Å². The van der Waals surface area contributed by atoms with E-state index < -0.39 is 5.91 Å². The van der Waals surface area contributed by atoms with E-state index in [4.69, 9.17) is 5.73 Å². The lowest BCUT2D eigenvalue weighted by atomic mass is 9.97. The zero-order chi connectivity index (χ0) is 17.5. The quantitative estimate of drug-likeness (QED) is 0.814. The Morgan fingerprint density at radius 1 is 1.21 bits per heavy atom. The van der Waals surface area contributed by atoms with E-state index in [-0.39, 0.29) is 36.4 Å². The molecule has 0 spiro atoms. The largest absolute Gasteiger partial charge is 0.370 e. The minimum atomic E-state index is -0.483. The number of amides is 3. The summed E-state index contributed by atoms with van der Waals surface area (Å²) in [6.07, 6.45) is 1.97. The van der Waals surface area contributed by atoms with Gasteiger partial charge < -0.3 is 16.0 Å². The highest BCUT2D eigenvalue weighted by atomic mass is 19.1. The van der Waals surface area contributed by atoms with Gasteiger partial charge in [0.15, 0.2) is 0 Å². The van der Waals surface area contributed by atoms with Gasteiger partial charge >= 0.3 is 0 Å². The van der Waals surface area contributed by atoms with Crippen molar-refractivity contribution >= 4 is 17.7 Å². The molecule has 24 heavy (non-hydrogen) atoms. The van der Waals surface area contributed by atoms with Crippen molar-refractivity contribution in [1.29, 1.82) is 0 Å². The van der Waals surface area contributed by atoms with E-state index in [0.29, 0.717) is 25.2 Å². The molecule has 1 aliphatic heterocycles. The van der Waals surface area contributed by atoms with Gasteiger partial charge in [0.25, 0.3) is 5.91 Å². The zero-order valence-corrected chi connectivity index (χ0v) is 13.5. The molecule has 130 valence electrons. The molecule has 0 bridgehead atoms. The number of benzene rings is 1. The van der Waals surface area contributed by atoms with Gasteiger partial charge in [-0.05, 0) is 43.0 Å². The Labute approximate surface area is 140 Å². The molecule has 6 nitrogen and oxygen atoms in total. The van der Waals surface area contributed by atoms with Crippen molar-refractivity contribution in [2.24, 2.45) is 11.7 Å². The summed E-state index contributed by atoms with van der Waals surface area (Å²) in [5.41, 5.74) is 5.47. The van der Waals surface area contributed by atoms with Crippen LogP contribution in [0, 0.1) is 11.7 Å². The monoisotopic (exact) mass is 335 g/mol. The molecule has 1 aromatic rings. The molecule has 0 aliphatic carbocycles. The molecule has 0 saturated carbocycles. The van der Waals surface area contributed by atoms with E-state index >= 15 is 0 Å². The van der Waals surface area contributed by atoms with Crippen molar-refractivity contribution in [1.82, 2.24) is 10.2 Å². The fourth-order valence-electron chi connectivity index (χ4n) is 2.79. The Hall–Kier alpha value is -2.44. The SMILES string of the molecule is NC(=O)CCC(=O)N1CCC[C@H](CNC(=O)c2ccc(F)cc2)C1. The zero-order valence-electron chi connectivity index (χ0n) is 13.5. The lowest BCUT2D eigenvalue weighted by Crippen LogP contribution is -2.43. The predicted octanol–water partition coefficient (Wildman–Crippen LogP) is 1.06. The number of halogens is 1. The summed E-state index contributed by atoms with van der Waals surface area (Å²) >= 11 is 0. The number of primary amides is 1. The van der Waals surface area contributed by atoms with Gasteiger partial charge in [-0.25, -0.2) is 4.39 Å². The molecule has 0 unspecified atom stereocenters. The fraction of sp³-hybridized carbons (Fsp3) is 0.471. The lowest BCUT2D eigenvalue weighted by molar-refractivity contribution is -0.134. The maximum atomic E-state index is 12.9. The number of hydrogen-bond donors (Lipinski definition) is 2. The van der Waals surface area contributed by atoms with Crippen LogP contribution in [-0.2, 0) is 9.59 Å². The molecule has 3 amide bonds. The molecule has 0 radical (unpaired) electrons. The number of hydrogen-bond acceptors (Lipinski definition) is 3. The van der Waals surface area contributed by atoms with E-state index in [1.807, 2.05) is 0 Å². The third kappa shape index (κ3) is 5.33. The van der Waals surface area contributed by atoms with Gasteiger partial charge in [0.05, 0.1) is 0 Å². The fourth-order valence-corrected chi connectivity index (χ4v) is 2.79. The summed E-state index contributed by atoms with van der Waals surface area (Å²) in [5.74, 6) is -1.04. The van der Waals surface area contributed by atoms with E-state index in [1.165, 1.54) is 24.3 Å². The number of carbonyl (C=O) groups excluding carboxylic acids is 3. The van der Waals surface area contributed by atoms with Crippen LogP contribution in [0.3, 0.4) is 0 Å². The normalized spacial score (nSPS) is 17.4. The number of piperidine rings is 1. The highest BCUT2D eigenvalue weighted by molar-refractivity contribution is 5.94. The molecule has 1 heterocycles. The highest BCUT2D eigenvalue weighted by Gasteiger charge is 2.24. The van der Waals surface area contributed by atoms with Crippen molar-refractivity contribution < 1.29 is 18.8 Å². The molecule has 3 N–H and O–H groups in total. The molecule has 1 atom stereocenters. The highest BCUT2D eigenvalue weighted by Crippen LogP contribution is 2.17. The summed E-state index contributed by atoms with van der Waals surface area (Å²) < 4.78 is 12.9. The summed E-state index contributed by atoms with van der Waals surface area (Å²) in [4.78, 5) is 36.5. The second kappa shape index (κ2) is 8.42. The molecule has 7 heteroatoms. The maximum Gasteiger partial charge on any atom is 0.251 e. The molecule has 1 aromatic carbocycles. The average Bonchev–Trinajstić information content (AvgIpc) is 2.58. The number of nitrogens with two attached hydrogens (primary N) is 1. The molecule has 1 saturated heterocycles. The first-order valence-corrected chi connectivity index (χ1v) is 8.05. The standard InChI is InChI=1S/C17H22FN3O3/c18-14-5-3-13(4-6-14)17(24)20-10-12-2-1-9-21(11-12)16(23)8-7-15(19)22/h3-6,12H,1-2,7-11H2,(H2,19,22)(H,20,24)/t12-/m1/s1. The Morgan fingerprint density at radius 2 is 1.92 bits per heavy atom. The Balaban J connectivity index is 1.80. The minimum Gasteiger partial charge on any atom is -0.370 e. The van der Waals surface area contributed by atoms with E-state index in [0.717, 1.165) is 12.8 Å². The van der Waals surface area contributed by atoms with Crippen LogP contribution in [0.2, 0.25) is 0 Å². The number of carbonyl (C=O) groups is 3. The van der Waals surface area contributed by atoms with Crippen LogP contribution < -0.4 is 11.1 Å². The van der Waals surface area contributed by atoms with Crippen LogP contribution in [0.5, 0.6) is 0 Å². The van der Waals surface area contributed by atoms with E-state index in [2.05, 4.69) is 5.32 Å². The second-order valence-corrected chi connectivity index (χ2v) is 6.03. The van der Waals surface area contributed by atoms with Crippen LogP contribution in [0.15, 0.2) is 24.3 Å². The smallest absolute Gasteiger partial charge is 0.251 e. The molecule has 0 aromatic heterocycles. The average molecular weight is 335 g/mol. The first-order valence-electron chi connectivity index (χ1n) is 8.05. The van der Waals surface area contributed by atoms with Gasteiger partial charge in [-0.3, -0.25) is 14.4 Å². The predicted molar refractivity (Wildman–Crippen MR) is 86.5 cm³/mol. The number of nitrogens with one attached hydrogen (secondary N) is 1. The van der Waals surface area contributed by atoms with Crippen LogP contribution in [0.25, 0.3) is 0 Å². The van der Waals surface area contributed by atoms with Crippen molar-refractivity contribution in [3.05, 3.63) is 35.6 Å². The van der Waals surface area contributed by atoms with Crippen molar-refractivity contribution in [2.75, 3.05) is 19.6 Å². The minimum absolute atomic E-state index is 0.0568. The number of likely N-dealkylation sites (tertiary alicyclic amines) is 1. The summed E-state index contributed by atoms with van der Waals surface area (Å²) in [6.45, 7) is 1.68. The molecule has 1 fully saturated rings. The third-order valence-corrected chi connectivity index (χ3v) is 4.11. The van der Waals surface area contributed by atoms with Crippen LogP contribution in [0.1, 0.15) is 36.0 Å². The van der Waals surface area contributed by atoms with Crippen molar-refractivity contribution in [3.8, 4) is 0 Å². The molecular weight excluding hydrogens is 313 g/mol. The van der Waals surface area contributed by atoms with Gasteiger partial charge in [-0.2, -0.15) is 0 Å². The van der Waals surface area contributed by atoms with Crippen LogP contribution in [-0.4, -0.2) is 42.3 Å². The second-order valence-electron chi connectivity index (χ2n) is 6.03. The molecule has 2 rings (SSSR count). The molecule has 1 aliphatic rings. The Bertz CT molecular complexity index is 604. The lowest BCUT2D eigenvalue weighted by Gasteiger charge is -2.33. The van der Waals surface area contributed by atoms with Gasteiger partial charge in [0.2, 0.25) is 11.8 Å². The number of nitrogens with zero attached hydrogens (tertiary/aromatic N) is 1. The third-order valence-electron chi connectivity index (χ3n) is 4.11. The van der Waals surface area contributed by atoms with E-state index in [9.17, 15) is 18.8 Å². The Morgan fingerprint density at radius 3 is 2.58 bits per heavy atom.